The Balaban J connectivity index is -0.000000169. The average Bonchev–Trinajstić information content (AvgIpc) is 3.21. The van der Waals surface area contributed by atoms with Gasteiger partial charge in [0.15, 0.2) is 0 Å². The molecule has 12 heteroatoms. The molecule has 0 spiro atoms. The minimum absolute atomic E-state index is 0. The van der Waals surface area contributed by atoms with E-state index in [9.17, 15) is 0 Å². The van der Waals surface area contributed by atoms with Crippen LogP contribution in [-0.4, -0.2) is 28.6 Å². The van der Waals surface area contributed by atoms with E-state index in [2.05, 4.69) is 156 Å². The van der Waals surface area contributed by atoms with Crippen LogP contribution in [0, 0.1) is 39.9 Å². The van der Waals surface area contributed by atoms with Gasteiger partial charge in [0.2, 0.25) is 0 Å². The molecule has 0 fully saturated rings. The minimum Gasteiger partial charge on any atom is 0 e. The molecule has 0 amide bonds. The zero-order chi connectivity index (χ0) is 42.5. The van der Waals surface area contributed by atoms with Gasteiger partial charge in [0.1, 0.15) is 11.5 Å². The van der Waals surface area contributed by atoms with E-state index in [0.29, 0.717) is 0 Å². The summed E-state index contributed by atoms with van der Waals surface area (Å²) >= 11 is 0. The second-order valence-corrected chi connectivity index (χ2v) is 17.0. The van der Waals surface area contributed by atoms with Gasteiger partial charge in [-0.15, -0.1) is 0 Å². The molecule has 0 aliphatic heterocycles. The molecule has 9 nitrogen and oxygen atoms in total. The van der Waals surface area contributed by atoms with E-state index < -0.39 is 8.32 Å². The summed E-state index contributed by atoms with van der Waals surface area (Å²) < 4.78 is 63.3. The van der Waals surface area contributed by atoms with Crippen molar-refractivity contribution in [1.82, 2.24) is 0 Å². The summed E-state index contributed by atoms with van der Waals surface area (Å²) in [6.07, 6.45) is 11.1. The second kappa shape index (κ2) is 43.7. The van der Waals surface area contributed by atoms with Gasteiger partial charge in [-0.2, -0.15) is 0 Å². The number of hydrogen-bond acceptors (Lipinski definition) is 3. The topological polar surface area (TPSA) is 147 Å². The summed E-state index contributed by atoms with van der Waals surface area (Å²) in [5, 5.41) is 2.41. The van der Waals surface area contributed by atoms with Crippen molar-refractivity contribution in [3.05, 3.63) is 111 Å². The number of methoxy groups -OCH3 is 1. The van der Waals surface area contributed by atoms with Crippen molar-refractivity contribution in [2.24, 2.45) is 0 Å². The maximum atomic E-state index is 7.50. The smallest absolute Gasteiger partial charge is 0 e. The SMILES string of the molecule is CCCCOCCCC.CCc1c(CC)c(O[Si](C)(C)C(C)(C)C)c2cc(/C=C/c3ccccc3)ccc2c1OC.[C-]#[O+].[C-]#[O+].[C-]#[O+].[C-]#[O+].[C-]#[O+].[C-]#[O+].[Cr].[Cr]. The molecular formula is C43H56Cr2O9Si. The monoisotopic (exact) mass is 848 g/mol. The molecule has 0 bridgehead atoms. The number of ether oxygens (including phenoxy) is 2. The normalized spacial score (nSPS) is 9.13. The van der Waals surface area contributed by atoms with Crippen molar-refractivity contribution in [1.29, 1.82) is 0 Å². The molecule has 0 aromatic heterocycles. The average molecular weight is 849 g/mol. The Kier molecular flexibility index (Phi) is 53.0. The second-order valence-electron chi connectivity index (χ2n) is 12.3. The summed E-state index contributed by atoms with van der Waals surface area (Å²) in [5.41, 5.74) is 4.91. The first-order chi connectivity index (χ1) is 25.5. The van der Waals surface area contributed by atoms with E-state index in [-0.39, 0.29) is 39.8 Å². The Labute approximate surface area is 353 Å². The van der Waals surface area contributed by atoms with Crippen LogP contribution >= 0.6 is 0 Å². The van der Waals surface area contributed by atoms with Gasteiger partial charge >= 0.3 is 67.8 Å². The molecule has 3 rings (SSSR count). The van der Waals surface area contributed by atoms with Gasteiger partial charge in [-0.05, 0) is 72.6 Å². The third-order valence-corrected chi connectivity index (χ3v) is 12.4. The van der Waals surface area contributed by atoms with Crippen LogP contribution in [0.25, 0.3) is 22.9 Å². The van der Waals surface area contributed by atoms with Gasteiger partial charge in [0.25, 0.3) is 8.32 Å². The molecular weight excluding hydrogens is 793 g/mol. The maximum Gasteiger partial charge on any atom is 0 e. The van der Waals surface area contributed by atoms with Gasteiger partial charge in [-0.3, -0.25) is 0 Å². The van der Waals surface area contributed by atoms with E-state index in [1.807, 2.05) is 6.07 Å². The maximum absolute atomic E-state index is 7.50. The fourth-order valence-electron chi connectivity index (χ4n) is 4.51. The number of rotatable bonds is 13. The summed E-state index contributed by atoms with van der Waals surface area (Å²) in [7, 11) is -0.239. The number of benzene rings is 3. The zero-order valence-corrected chi connectivity index (χ0v) is 37.5. The van der Waals surface area contributed by atoms with Crippen molar-refractivity contribution in [3.63, 3.8) is 0 Å². The molecule has 0 aliphatic rings. The third kappa shape index (κ3) is 25.7. The van der Waals surface area contributed by atoms with Gasteiger partial charge in [-0.1, -0.05) is 110 Å². The summed E-state index contributed by atoms with van der Waals surface area (Å²) in [6, 6.07) is 17.0. The number of hydrogen-bond donors (Lipinski definition) is 0. The minimum atomic E-state index is -2.02. The Morgan fingerprint density at radius 1 is 0.600 bits per heavy atom. The van der Waals surface area contributed by atoms with Crippen LogP contribution in [0.1, 0.15) is 96.4 Å². The third-order valence-electron chi connectivity index (χ3n) is 8.07. The summed E-state index contributed by atoms with van der Waals surface area (Å²) in [4.78, 5) is 0. The van der Waals surface area contributed by atoms with E-state index >= 15 is 0 Å². The van der Waals surface area contributed by atoms with E-state index in [1.54, 1.807) is 7.11 Å². The van der Waals surface area contributed by atoms with Crippen LogP contribution in [0.2, 0.25) is 18.1 Å². The first kappa shape index (κ1) is 66.7. The van der Waals surface area contributed by atoms with E-state index in [0.717, 1.165) is 53.9 Å². The molecule has 0 N–H and O–H groups in total. The van der Waals surface area contributed by atoms with Crippen LogP contribution in [0.15, 0.2) is 48.5 Å². The molecule has 298 valence electrons. The van der Waals surface area contributed by atoms with Gasteiger partial charge < -0.3 is 13.9 Å². The standard InChI is InChI=1S/C29H38O2Si.C8H18O.6CO.2Cr/c1-9-23-24(10-2)28(31-32(7,8)29(3,4)5)26-20-22(18-19-25(26)27(23)30-6)17-16-21-14-12-11-13-15-21;1-3-5-7-9-8-6-4-2;6*1-2;;/h11-20H,9-10H2,1-8H3;3-8H2,1-2H3;;;;;;;;/b17-16+;;;;;;;;;. The van der Waals surface area contributed by atoms with E-state index in [4.69, 9.17) is 41.8 Å². The van der Waals surface area contributed by atoms with Gasteiger partial charge in [-0.25, -0.2) is 0 Å². The van der Waals surface area contributed by atoms with Gasteiger partial charge in [0.05, 0.1) is 7.11 Å². The van der Waals surface area contributed by atoms with Crippen LogP contribution in [0.3, 0.4) is 0 Å². The quantitative estimate of drug-likeness (QED) is 0.0554. The predicted octanol–water partition coefficient (Wildman–Crippen LogP) is 10.9. The Bertz CT molecular complexity index is 1470. The molecule has 0 radical (unpaired) electrons. The van der Waals surface area contributed by atoms with Crippen LogP contribution in [0.4, 0.5) is 0 Å². The Morgan fingerprint density at radius 3 is 1.40 bits per heavy atom. The van der Waals surface area contributed by atoms with Crippen molar-refractivity contribution in [3.8, 4) is 11.5 Å². The van der Waals surface area contributed by atoms with Crippen molar-refractivity contribution in [2.75, 3.05) is 20.3 Å². The number of fused-ring (bicyclic) bond motifs is 1. The zero-order valence-electron chi connectivity index (χ0n) is 33.9. The van der Waals surface area contributed by atoms with Crippen LogP contribution < -0.4 is 9.16 Å². The molecule has 0 saturated heterocycles. The molecule has 0 unspecified atom stereocenters. The Hall–Kier alpha value is -3.06. The molecule has 55 heavy (non-hydrogen) atoms. The molecule has 0 saturated carbocycles. The molecule has 0 atom stereocenters. The molecule has 0 aliphatic carbocycles. The van der Waals surface area contributed by atoms with Crippen LogP contribution in [-0.2, 0) is 80.2 Å². The first-order valence-corrected chi connectivity index (χ1v) is 19.8. The predicted molar refractivity (Wildman–Crippen MR) is 207 cm³/mol. The van der Waals surface area contributed by atoms with E-state index in [1.165, 1.54) is 42.4 Å². The largest absolute Gasteiger partial charge is 0 e. The number of unbranched alkanes of at least 4 members (excludes halogenated alkanes) is 2. The summed E-state index contributed by atoms with van der Waals surface area (Å²) in [6.45, 7) is 49.2. The van der Waals surface area contributed by atoms with Crippen molar-refractivity contribution < 1.29 is 76.5 Å². The van der Waals surface area contributed by atoms with Crippen molar-refractivity contribution >= 4 is 31.2 Å². The Morgan fingerprint density at radius 2 is 1.02 bits per heavy atom. The van der Waals surface area contributed by atoms with Crippen molar-refractivity contribution in [2.45, 2.75) is 105 Å². The first-order valence-electron chi connectivity index (χ1n) is 16.9. The molecule has 0 heterocycles. The van der Waals surface area contributed by atoms with Gasteiger partial charge in [0, 0.05) is 64.3 Å². The fraction of sp³-hybridized carbons (Fsp3) is 0.442. The van der Waals surface area contributed by atoms with Crippen LogP contribution in [0.5, 0.6) is 11.5 Å². The fourth-order valence-corrected chi connectivity index (χ4v) is 5.56. The molecule has 3 aromatic carbocycles. The summed E-state index contributed by atoms with van der Waals surface area (Å²) in [5.74, 6) is 2.04. The molecule has 3 aromatic rings.